The summed E-state index contributed by atoms with van der Waals surface area (Å²) in [4.78, 5) is 25.6. The van der Waals surface area contributed by atoms with Crippen LogP contribution in [-0.2, 0) is 9.59 Å². The van der Waals surface area contributed by atoms with Crippen LogP contribution in [0.5, 0.6) is 5.75 Å². The molecule has 0 bridgehead atoms. The quantitative estimate of drug-likeness (QED) is 0.878. The number of allylic oxidation sites excluding steroid dienone is 1. The van der Waals surface area contributed by atoms with Crippen LogP contribution in [0.2, 0.25) is 0 Å². The number of phenols is 1. The second-order valence-electron chi connectivity index (χ2n) is 6.10. The fourth-order valence-electron chi connectivity index (χ4n) is 2.74. The van der Waals surface area contributed by atoms with Crippen LogP contribution in [0.15, 0.2) is 35.8 Å². The average Bonchev–Trinajstić information content (AvgIpc) is 2.96. The Morgan fingerprint density at radius 1 is 1.38 bits per heavy atom. The first-order valence-electron chi connectivity index (χ1n) is 7.71. The van der Waals surface area contributed by atoms with Gasteiger partial charge < -0.3 is 5.11 Å². The zero-order valence-corrected chi connectivity index (χ0v) is 13.5. The van der Waals surface area contributed by atoms with Gasteiger partial charge in [-0.05, 0) is 38.0 Å². The Labute approximate surface area is 138 Å². The Balaban J connectivity index is 1.93. The smallest absolute Gasteiger partial charge is 0.254 e. The molecule has 1 fully saturated rings. The van der Waals surface area contributed by atoms with Gasteiger partial charge in [-0.2, -0.15) is 5.10 Å². The molecule has 1 unspecified atom stereocenters. The lowest BCUT2D eigenvalue weighted by Crippen LogP contribution is -2.46. The highest BCUT2D eigenvalue weighted by Crippen LogP contribution is 2.29. The van der Waals surface area contributed by atoms with E-state index in [2.05, 4.69) is 5.10 Å². The van der Waals surface area contributed by atoms with Crippen molar-refractivity contribution in [1.29, 1.82) is 0 Å². The number of carbonyl (C=O) groups excluding carboxylic acids is 2. The lowest BCUT2D eigenvalue weighted by atomic mass is 10.0. The number of aromatic hydroxyl groups is 1. The van der Waals surface area contributed by atoms with Crippen molar-refractivity contribution in [2.24, 2.45) is 0 Å². The maximum atomic E-state index is 13.9. The lowest BCUT2D eigenvalue weighted by Gasteiger charge is -2.30. The van der Waals surface area contributed by atoms with E-state index >= 15 is 0 Å². The number of fused-ring (bicyclic) bond motifs is 1. The highest BCUT2D eigenvalue weighted by atomic mass is 19.1. The molecular formula is C17H18FN3O3. The molecule has 0 aliphatic carbocycles. The highest BCUT2D eigenvalue weighted by molar-refractivity contribution is 6.00. The van der Waals surface area contributed by atoms with Crippen LogP contribution in [0.3, 0.4) is 0 Å². The highest BCUT2D eigenvalue weighted by Gasteiger charge is 2.36. The molecule has 0 radical (unpaired) electrons. The SMILES string of the molecule is CC(C)=C(F)CN1C(=O)CCC(n2cc3c(O)cccc3n2)C1=O. The van der Waals surface area contributed by atoms with Crippen LogP contribution in [0, 0.1) is 0 Å². The van der Waals surface area contributed by atoms with E-state index in [1.54, 1.807) is 32.2 Å². The Morgan fingerprint density at radius 2 is 2.12 bits per heavy atom. The summed E-state index contributed by atoms with van der Waals surface area (Å²) < 4.78 is 15.3. The molecule has 2 aromatic rings. The Hall–Kier alpha value is -2.70. The first-order valence-corrected chi connectivity index (χ1v) is 7.71. The van der Waals surface area contributed by atoms with Gasteiger partial charge in [0, 0.05) is 12.6 Å². The van der Waals surface area contributed by atoms with Gasteiger partial charge in [0.15, 0.2) is 0 Å². The number of nitrogens with zero attached hydrogens (tertiary/aromatic N) is 3. The van der Waals surface area contributed by atoms with Gasteiger partial charge in [-0.25, -0.2) is 4.39 Å². The summed E-state index contributed by atoms with van der Waals surface area (Å²) in [6.07, 6.45) is 2.03. The number of imide groups is 1. The molecule has 3 rings (SSSR count). The van der Waals surface area contributed by atoms with Crippen molar-refractivity contribution in [1.82, 2.24) is 14.7 Å². The van der Waals surface area contributed by atoms with Crippen molar-refractivity contribution in [3.8, 4) is 5.75 Å². The first-order chi connectivity index (χ1) is 11.4. The predicted octanol–water partition coefficient (Wildman–Crippen LogP) is 2.70. The number of carbonyl (C=O) groups is 2. The molecule has 1 aromatic heterocycles. The minimum atomic E-state index is -0.681. The first kappa shape index (κ1) is 16.2. The number of hydrogen-bond donors (Lipinski definition) is 1. The molecule has 7 heteroatoms. The van der Waals surface area contributed by atoms with Crippen LogP contribution < -0.4 is 0 Å². The molecule has 2 heterocycles. The van der Waals surface area contributed by atoms with E-state index in [-0.39, 0.29) is 24.6 Å². The number of benzene rings is 1. The Morgan fingerprint density at radius 3 is 2.79 bits per heavy atom. The van der Waals surface area contributed by atoms with Crippen LogP contribution in [0.1, 0.15) is 32.7 Å². The second kappa shape index (κ2) is 6.07. The summed E-state index contributed by atoms with van der Waals surface area (Å²) >= 11 is 0. The monoisotopic (exact) mass is 331 g/mol. The standard InChI is InChI=1S/C17H18FN3O3/c1-10(2)12(18)9-20-16(23)7-6-14(17(20)24)21-8-11-13(19-21)4-3-5-15(11)22/h3-5,8,14,22H,6-7,9H2,1-2H3. The summed E-state index contributed by atoms with van der Waals surface area (Å²) in [6.45, 7) is 2.84. The fraction of sp³-hybridized carbons (Fsp3) is 0.353. The minimum absolute atomic E-state index is 0.0746. The third kappa shape index (κ3) is 2.77. The Kier molecular flexibility index (Phi) is 4.09. The van der Waals surface area contributed by atoms with Gasteiger partial charge in [0.25, 0.3) is 5.91 Å². The Bertz CT molecular complexity index is 852. The van der Waals surface area contributed by atoms with E-state index < -0.39 is 17.8 Å². The van der Waals surface area contributed by atoms with Gasteiger partial charge in [-0.15, -0.1) is 0 Å². The molecule has 1 aliphatic heterocycles. The topological polar surface area (TPSA) is 75.4 Å². The molecule has 1 saturated heterocycles. The van der Waals surface area contributed by atoms with Gasteiger partial charge in [0.2, 0.25) is 5.91 Å². The van der Waals surface area contributed by atoms with Gasteiger partial charge in [0.05, 0.1) is 17.4 Å². The van der Waals surface area contributed by atoms with Crippen molar-refractivity contribution in [2.45, 2.75) is 32.7 Å². The van der Waals surface area contributed by atoms with Crippen LogP contribution in [0.25, 0.3) is 10.9 Å². The summed E-state index contributed by atoms with van der Waals surface area (Å²) in [5.41, 5.74) is 0.995. The number of likely N-dealkylation sites (tertiary alicyclic amines) is 1. The number of piperidine rings is 1. The molecule has 1 N–H and O–H groups in total. The molecule has 1 aliphatic rings. The third-order valence-electron chi connectivity index (χ3n) is 4.19. The van der Waals surface area contributed by atoms with E-state index in [1.165, 1.54) is 10.7 Å². The van der Waals surface area contributed by atoms with E-state index in [0.29, 0.717) is 22.9 Å². The second-order valence-corrected chi connectivity index (χ2v) is 6.10. The maximum Gasteiger partial charge on any atom is 0.254 e. The van der Waals surface area contributed by atoms with E-state index in [1.807, 2.05) is 0 Å². The molecule has 1 atom stereocenters. The summed E-state index contributed by atoms with van der Waals surface area (Å²) in [5.74, 6) is -1.27. The average molecular weight is 331 g/mol. The van der Waals surface area contributed by atoms with Crippen molar-refractivity contribution in [3.05, 3.63) is 35.8 Å². The van der Waals surface area contributed by atoms with Crippen molar-refractivity contribution >= 4 is 22.7 Å². The molecule has 6 nitrogen and oxygen atoms in total. The maximum absolute atomic E-state index is 13.9. The predicted molar refractivity (Wildman–Crippen MR) is 85.9 cm³/mol. The minimum Gasteiger partial charge on any atom is -0.507 e. The summed E-state index contributed by atoms with van der Waals surface area (Å²) in [7, 11) is 0. The van der Waals surface area contributed by atoms with Gasteiger partial charge in [-0.3, -0.25) is 19.2 Å². The van der Waals surface area contributed by atoms with E-state index in [4.69, 9.17) is 0 Å². The number of aromatic nitrogens is 2. The molecule has 0 saturated carbocycles. The molecule has 0 spiro atoms. The van der Waals surface area contributed by atoms with Gasteiger partial charge in [0.1, 0.15) is 17.6 Å². The van der Waals surface area contributed by atoms with Crippen LogP contribution in [0.4, 0.5) is 4.39 Å². The fourth-order valence-corrected chi connectivity index (χ4v) is 2.74. The van der Waals surface area contributed by atoms with Crippen molar-refractivity contribution < 1.29 is 19.1 Å². The molecule has 126 valence electrons. The van der Waals surface area contributed by atoms with Crippen LogP contribution in [-0.4, -0.2) is 38.1 Å². The number of hydrogen-bond acceptors (Lipinski definition) is 4. The molecular weight excluding hydrogens is 313 g/mol. The van der Waals surface area contributed by atoms with Crippen molar-refractivity contribution in [2.75, 3.05) is 6.54 Å². The number of halogens is 1. The summed E-state index contributed by atoms with van der Waals surface area (Å²) in [5, 5.41) is 14.7. The van der Waals surface area contributed by atoms with Crippen LogP contribution >= 0.6 is 0 Å². The van der Waals surface area contributed by atoms with Crippen molar-refractivity contribution in [3.63, 3.8) is 0 Å². The molecule has 24 heavy (non-hydrogen) atoms. The van der Waals surface area contributed by atoms with Gasteiger partial charge >= 0.3 is 0 Å². The zero-order chi connectivity index (χ0) is 17.4. The molecule has 1 aromatic carbocycles. The third-order valence-corrected chi connectivity index (χ3v) is 4.19. The lowest BCUT2D eigenvalue weighted by molar-refractivity contribution is -0.150. The number of amides is 2. The van der Waals surface area contributed by atoms with E-state index in [0.717, 1.165) is 4.90 Å². The van der Waals surface area contributed by atoms with E-state index in [9.17, 15) is 19.1 Å². The van der Waals surface area contributed by atoms with Gasteiger partial charge in [-0.1, -0.05) is 6.07 Å². The number of phenolic OH excluding ortho intramolecular Hbond substituents is 1. The normalized spacial score (nSPS) is 18.3. The number of rotatable bonds is 3. The zero-order valence-electron chi connectivity index (χ0n) is 13.5. The molecule has 2 amide bonds. The summed E-state index contributed by atoms with van der Waals surface area (Å²) in [6, 6.07) is 4.25. The largest absolute Gasteiger partial charge is 0.507 e.